The number of thioether (sulfide) groups is 1. The Morgan fingerprint density at radius 2 is 1.62 bits per heavy atom. The molecule has 140 valence electrons. The number of benzene rings is 2. The van der Waals surface area contributed by atoms with E-state index in [0.717, 1.165) is 6.42 Å². The molecule has 2 aromatic carbocycles. The van der Waals surface area contributed by atoms with E-state index in [1.807, 2.05) is 11.8 Å². The molecule has 0 radical (unpaired) electrons. The molecular weight excluding hydrogens is 399 g/mol. The Kier molecular flexibility index (Phi) is 8.07. The van der Waals surface area contributed by atoms with Crippen LogP contribution in [0.1, 0.15) is 54.0 Å². The third-order valence-electron chi connectivity index (χ3n) is 5.44. The zero-order chi connectivity index (χ0) is 19.2. The topological polar surface area (TPSA) is 0 Å². The Labute approximate surface area is 171 Å². The predicted octanol–water partition coefficient (Wildman–Crippen LogP) is 7.36. The maximum absolute atomic E-state index is 2.43. The molecule has 0 aliphatic heterocycles. The third-order valence-corrected chi connectivity index (χ3v) is 9.43. The van der Waals surface area contributed by atoms with Crippen LogP contribution < -0.4 is 0 Å². The summed E-state index contributed by atoms with van der Waals surface area (Å²) in [6.45, 7) is 11.3. The predicted molar refractivity (Wildman–Crippen MR) is 120 cm³/mol. The Balaban J connectivity index is 1.91. The molecule has 0 fully saturated rings. The van der Waals surface area contributed by atoms with Gasteiger partial charge in [-0.2, -0.15) is 0 Å². The second kappa shape index (κ2) is 9.83. The molecule has 2 aromatic rings. The molecule has 0 aromatic heterocycles. The quantitative estimate of drug-likeness (QED) is 0.239. The first-order valence-corrected chi connectivity index (χ1v) is 12.8. The van der Waals surface area contributed by atoms with Crippen molar-refractivity contribution in [3.8, 4) is 0 Å². The maximum atomic E-state index is 2.43. The summed E-state index contributed by atoms with van der Waals surface area (Å²) >= 11 is 2.50. The summed E-state index contributed by atoms with van der Waals surface area (Å²) in [4.78, 5) is 1.43. The van der Waals surface area contributed by atoms with Crippen LogP contribution in [-0.4, -0.2) is 15.0 Å². The number of hydrogen-bond donors (Lipinski definition) is 0. The van der Waals surface area contributed by atoms with Gasteiger partial charge in [-0.15, -0.1) is 0 Å². The van der Waals surface area contributed by atoms with E-state index in [4.69, 9.17) is 0 Å². The van der Waals surface area contributed by atoms with Crippen molar-refractivity contribution >= 4 is 26.7 Å². The van der Waals surface area contributed by atoms with Crippen molar-refractivity contribution in [2.24, 2.45) is 0 Å². The normalized spacial score (nSPS) is 13.9. The van der Waals surface area contributed by atoms with Crippen molar-refractivity contribution in [1.82, 2.24) is 0 Å². The fourth-order valence-electron chi connectivity index (χ4n) is 3.25. The zero-order valence-electron chi connectivity index (χ0n) is 17.1. The molecular formula is C24H32SSe. The minimum atomic E-state index is 0.357. The molecule has 0 aliphatic carbocycles. The van der Waals surface area contributed by atoms with Gasteiger partial charge in [0.05, 0.1) is 0 Å². The second-order valence-corrected chi connectivity index (χ2v) is 10.9. The number of aryl methyl sites for hydroxylation is 2. The average molecular weight is 432 g/mol. The van der Waals surface area contributed by atoms with Crippen LogP contribution in [0.25, 0.3) is 0 Å². The Morgan fingerprint density at radius 3 is 2.19 bits per heavy atom. The van der Waals surface area contributed by atoms with E-state index < -0.39 is 0 Å². The summed E-state index contributed by atoms with van der Waals surface area (Å²) in [6, 6.07) is 13.3. The zero-order valence-corrected chi connectivity index (χ0v) is 19.6. The van der Waals surface area contributed by atoms with Gasteiger partial charge in [0.2, 0.25) is 0 Å². The summed E-state index contributed by atoms with van der Waals surface area (Å²) in [5, 5.41) is 2.30. The average Bonchev–Trinajstić information content (AvgIpc) is 2.65. The van der Waals surface area contributed by atoms with Gasteiger partial charge in [-0.1, -0.05) is 0 Å². The molecule has 0 spiro atoms. The summed E-state index contributed by atoms with van der Waals surface area (Å²) in [5.41, 5.74) is 7.14. The van der Waals surface area contributed by atoms with Crippen LogP contribution in [0.15, 0.2) is 52.8 Å². The second-order valence-electron chi connectivity index (χ2n) is 7.27. The molecule has 26 heavy (non-hydrogen) atoms. The molecule has 0 saturated heterocycles. The van der Waals surface area contributed by atoms with Gasteiger partial charge in [0, 0.05) is 0 Å². The van der Waals surface area contributed by atoms with Crippen LogP contribution in [0.2, 0.25) is 5.82 Å². The molecule has 0 aliphatic rings. The van der Waals surface area contributed by atoms with Crippen molar-refractivity contribution < 1.29 is 0 Å². The Morgan fingerprint density at radius 1 is 1.00 bits per heavy atom. The SMILES string of the molecule is C[Se]C(C)(CCC/C=C/Sc1c(C)c(C)cc(C)c1C)c1ccccc1. The van der Waals surface area contributed by atoms with Crippen molar-refractivity contribution in [1.29, 1.82) is 0 Å². The van der Waals surface area contributed by atoms with Crippen molar-refractivity contribution in [3.63, 3.8) is 0 Å². The molecule has 0 saturated carbocycles. The van der Waals surface area contributed by atoms with Gasteiger partial charge in [-0.25, -0.2) is 0 Å². The van der Waals surface area contributed by atoms with Gasteiger partial charge in [-0.3, -0.25) is 0 Å². The summed E-state index contributed by atoms with van der Waals surface area (Å²) in [7, 11) is 0. The molecule has 1 unspecified atom stereocenters. The Hall–Kier alpha value is -0.951. The fourth-order valence-corrected chi connectivity index (χ4v) is 5.81. The first-order chi connectivity index (χ1) is 12.4. The Bertz CT molecular complexity index is 722. The standard InChI is InChI=1S/C24H32SSe/c1-18-17-19(2)21(4)23(20(18)3)25-16-12-8-11-15-24(5,26-6)22-13-9-7-10-14-22/h7,9-10,12-14,16-17H,8,11,15H2,1-6H3/b16-12+. The molecule has 0 heterocycles. The summed E-state index contributed by atoms with van der Waals surface area (Å²) < 4.78 is 0.357. The first kappa shape index (κ1) is 21.4. The van der Waals surface area contributed by atoms with Crippen LogP contribution in [0.5, 0.6) is 0 Å². The van der Waals surface area contributed by atoms with Crippen LogP contribution in [0.3, 0.4) is 0 Å². The van der Waals surface area contributed by atoms with Gasteiger partial charge in [0.25, 0.3) is 0 Å². The summed E-state index contributed by atoms with van der Waals surface area (Å²) in [5.74, 6) is 2.37. The molecule has 2 heteroatoms. The van der Waals surface area contributed by atoms with Gasteiger partial charge >= 0.3 is 171 Å². The van der Waals surface area contributed by atoms with E-state index in [2.05, 4.69) is 88.3 Å². The van der Waals surface area contributed by atoms with Crippen molar-refractivity contribution in [3.05, 3.63) is 75.7 Å². The van der Waals surface area contributed by atoms with Gasteiger partial charge in [0.1, 0.15) is 0 Å². The number of rotatable bonds is 8. The number of unbranched alkanes of at least 4 members (excludes halogenated alkanes) is 1. The third kappa shape index (κ3) is 5.28. The molecule has 0 N–H and O–H groups in total. The van der Waals surface area contributed by atoms with Crippen LogP contribution >= 0.6 is 11.8 Å². The van der Waals surface area contributed by atoms with Gasteiger partial charge in [-0.05, 0) is 0 Å². The first-order valence-electron chi connectivity index (χ1n) is 9.39. The van der Waals surface area contributed by atoms with E-state index in [1.165, 1.54) is 45.6 Å². The van der Waals surface area contributed by atoms with Crippen LogP contribution in [-0.2, 0) is 4.31 Å². The van der Waals surface area contributed by atoms with E-state index in [0.29, 0.717) is 19.3 Å². The van der Waals surface area contributed by atoms with Crippen LogP contribution in [0, 0.1) is 27.7 Å². The van der Waals surface area contributed by atoms with Gasteiger partial charge < -0.3 is 0 Å². The fraction of sp³-hybridized carbons (Fsp3) is 0.417. The minimum absolute atomic E-state index is 0.357. The van der Waals surface area contributed by atoms with Crippen molar-refractivity contribution in [2.75, 3.05) is 0 Å². The van der Waals surface area contributed by atoms with Crippen molar-refractivity contribution in [2.45, 2.75) is 68.9 Å². The summed E-state index contributed by atoms with van der Waals surface area (Å²) in [6.07, 6.45) is 6.04. The van der Waals surface area contributed by atoms with E-state index in [1.54, 1.807) is 0 Å². The number of hydrogen-bond acceptors (Lipinski definition) is 1. The molecule has 0 amide bonds. The molecule has 2 rings (SSSR count). The monoisotopic (exact) mass is 432 g/mol. The van der Waals surface area contributed by atoms with E-state index in [9.17, 15) is 0 Å². The van der Waals surface area contributed by atoms with Gasteiger partial charge in [0.15, 0.2) is 0 Å². The van der Waals surface area contributed by atoms with E-state index >= 15 is 0 Å². The van der Waals surface area contributed by atoms with E-state index in [-0.39, 0.29) is 0 Å². The molecule has 1 atom stereocenters. The van der Waals surface area contributed by atoms with Crippen LogP contribution in [0.4, 0.5) is 0 Å². The molecule has 0 nitrogen and oxygen atoms in total. The number of allylic oxidation sites excluding steroid dienone is 1. The molecule has 0 bridgehead atoms.